The number of imidazole rings is 1. The molecule has 1 saturated heterocycles. The van der Waals surface area contributed by atoms with E-state index in [0.29, 0.717) is 10.8 Å². The topological polar surface area (TPSA) is 98.4 Å². The molecule has 7 nitrogen and oxygen atoms in total. The standard InChI is InChI=1S/C26H28ClN7S/c1-15-14-31-24-21(35-19-7-10-30-23(29)20(19)27)16(2)32-25(34(15)24)33-11-8-26(9-12-33)13-17-5-3-4-6-18(17)22(26)28/h3-7,10,14,22H,8-9,11-13,28H2,1-2H3,(H2,29,30)/t22-/m1/s1. The summed E-state index contributed by atoms with van der Waals surface area (Å²) >= 11 is 7.96. The van der Waals surface area contributed by atoms with Gasteiger partial charge in [0.2, 0.25) is 5.95 Å². The second-order valence-corrected chi connectivity index (χ2v) is 11.1. The monoisotopic (exact) mass is 505 g/mol. The Kier molecular flexibility index (Phi) is 5.43. The highest BCUT2D eigenvalue weighted by atomic mass is 35.5. The molecular weight excluding hydrogens is 478 g/mol. The maximum absolute atomic E-state index is 6.80. The van der Waals surface area contributed by atoms with Crippen LogP contribution in [0.3, 0.4) is 0 Å². The number of piperidine rings is 1. The molecule has 4 aromatic rings. The van der Waals surface area contributed by atoms with Crippen LogP contribution in [0.2, 0.25) is 5.02 Å². The van der Waals surface area contributed by atoms with E-state index in [1.807, 2.05) is 19.2 Å². The van der Waals surface area contributed by atoms with Gasteiger partial charge in [-0.25, -0.2) is 15.0 Å². The fourth-order valence-corrected chi connectivity index (χ4v) is 6.88. The molecule has 9 heteroatoms. The first-order valence-electron chi connectivity index (χ1n) is 11.9. The van der Waals surface area contributed by atoms with Gasteiger partial charge >= 0.3 is 0 Å². The first kappa shape index (κ1) is 22.6. The zero-order chi connectivity index (χ0) is 24.3. The summed E-state index contributed by atoms with van der Waals surface area (Å²) in [6.07, 6.45) is 6.73. The van der Waals surface area contributed by atoms with Crippen molar-refractivity contribution in [2.24, 2.45) is 11.1 Å². The van der Waals surface area contributed by atoms with Crippen molar-refractivity contribution >= 4 is 40.8 Å². The van der Waals surface area contributed by atoms with Crippen molar-refractivity contribution in [1.82, 2.24) is 19.4 Å². The van der Waals surface area contributed by atoms with Crippen molar-refractivity contribution in [2.75, 3.05) is 23.7 Å². The smallest absolute Gasteiger partial charge is 0.211 e. The van der Waals surface area contributed by atoms with Crippen LogP contribution in [0.1, 0.15) is 41.4 Å². The molecule has 0 bridgehead atoms. The highest BCUT2D eigenvalue weighted by molar-refractivity contribution is 7.99. The third-order valence-corrected chi connectivity index (χ3v) is 9.42. The minimum absolute atomic E-state index is 0.0990. The van der Waals surface area contributed by atoms with Gasteiger partial charge in [-0.1, -0.05) is 47.6 Å². The number of halogens is 1. The van der Waals surface area contributed by atoms with Gasteiger partial charge in [-0.3, -0.25) is 4.40 Å². The predicted molar refractivity (Wildman–Crippen MR) is 141 cm³/mol. The lowest BCUT2D eigenvalue weighted by Gasteiger charge is -2.42. The van der Waals surface area contributed by atoms with Crippen LogP contribution in [-0.2, 0) is 6.42 Å². The largest absolute Gasteiger partial charge is 0.382 e. The molecule has 3 aromatic heterocycles. The molecule has 4 heterocycles. The number of anilines is 2. The highest BCUT2D eigenvalue weighted by Crippen LogP contribution is 2.51. The van der Waals surface area contributed by atoms with Gasteiger partial charge in [-0.05, 0) is 55.7 Å². The Balaban J connectivity index is 1.32. The van der Waals surface area contributed by atoms with Crippen molar-refractivity contribution in [2.45, 2.75) is 48.9 Å². The number of rotatable bonds is 3. The molecule has 1 aliphatic heterocycles. The van der Waals surface area contributed by atoms with Crippen LogP contribution in [0.15, 0.2) is 52.5 Å². The third kappa shape index (κ3) is 3.58. The average Bonchev–Trinajstić information content (AvgIpc) is 3.37. The SMILES string of the molecule is Cc1nc(N2CCC3(CC2)Cc2ccccc2[C@H]3N)n2c(C)cnc2c1Sc1ccnc(N)c1Cl. The number of pyridine rings is 1. The number of benzene rings is 1. The molecule has 1 aliphatic carbocycles. The molecule has 0 saturated carbocycles. The number of nitrogens with two attached hydrogens (primary N) is 2. The van der Waals surface area contributed by atoms with Gasteiger partial charge in [0, 0.05) is 42.1 Å². The quantitative estimate of drug-likeness (QED) is 0.405. The van der Waals surface area contributed by atoms with Crippen molar-refractivity contribution in [3.05, 3.63) is 70.3 Å². The van der Waals surface area contributed by atoms with Crippen molar-refractivity contribution in [3.8, 4) is 0 Å². The fourth-order valence-electron chi connectivity index (χ4n) is 5.68. The van der Waals surface area contributed by atoms with E-state index in [0.717, 1.165) is 65.1 Å². The van der Waals surface area contributed by atoms with Gasteiger partial charge in [-0.15, -0.1) is 0 Å². The summed E-state index contributed by atoms with van der Waals surface area (Å²) in [5.41, 5.74) is 18.4. The van der Waals surface area contributed by atoms with E-state index in [4.69, 9.17) is 33.0 Å². The Morgan fingerprint density at radius 3 is 2.66 bits per heavy atom. The number of hydrogen-bond acceptors (Lipinski definition) is 7. The van der Waals surface area contributed by atoms with E-state index < -0.39 is 0 Å². The van der Waals surface area contributed by atoms with Crippen LogP contribution >= 0.6 is 23.4 Å². The summed E-state index contributed by atoms with van der Waals surface area (Å²) in [5.74, 6) is 1.26. The van der Waals surface area contributed by atoms with Crippen molar-refractivity contribution < 1.29 is 0 Å². The summed E-state index contributed by atoms with van der Waals surface area (Å²) in [5, 5.41) is 0.456. The van der Waals surface area contributed by atoms with Crippen molar-refractivity contribution in [3.63, 3.8) is 0 Å². The summed E-state index contributed by atoms with van der Waals surface area (Å²) in [7, 11) is 0. The minimum Gasteiger partial charge on any atom is -0.382 e. The van der Waals surface area contributed by atoms with E-state index >= 15 is 0 Å². The van der Waals surface area contributed by atoms with E-state index in [1.165, 1.54) is 22.9 Å². The normalized spacial score (nSPS) is 19.0. The summed E-state index contributed by atoms with van der Waals surface area (Å²) < 4.78 is 2.16. The number of nitrogen functional groups attached to an aromatic ring is 1. The Labute approximate surface area is 213 Å². The van der Waals surface area contributed by atoms with E-state index in [-0.39, 0.29) is 11.5 Å². The summed E-state index contributed by atoms with van der Waals surface area (Å²) in [6.45, 7) is 5.94. The zero-order valence-corrected chi connectivity index (χ0v) is 21.4. The first-order valence-corrected chi connectivity index (χ1v) is 13.1. The van der Waals surface area contributed by atoms with E-state index in [9.17, 15) is 0 Å². The van der Waals surface area contributed by atoms with Gasteiger partial charge in [0.15, 0.2) is 5.65 Å². The molecule has 1 atom stereocenters. The van der Waals surface area contributed by atoms with Gasteiger partial charge in [0.1, 0.15) is 5.82 Å². The number of hydrogen-bond donors (Lipinski definition) is 2. The maximum Gasteiger partial charge on any atom is 0.211 e. The molecule has 35 heavy (non-hydrogen) atoms. The Bertz CT molecular complexity index is 1440. The minimum atomic E-state index is 0.0990. The molecule has 4 N–H and O–H groups in total. The van der Waals surface area contributed by atoms with Crippen LogP contribution in [0.25, 0.3) is 5.65 Å². The lowest BCUT2D eigenvalue weighted by atomic mass is 9.73. The Hall–Kier alpha value is -2.81. The lowest BCUT2D eigenvalue weighted by Crippen LogP contribution is -2.45. The molecule has 6 rings (SSSR count). The molecule has 0 amide bonds. The maximum atomic E-state index is 6.80. The molecule has 1 fully saturated rings. The molecule has 0 radical (unpaired) electrons. The predicted octanol–water partition coefficient (Wildman–Crippen LogP) is 4.97. The van der Waals surface area contributed by atoms with Gasteiger partial charge in [0.05, 0.1) is 15.6 Å². The van der Waals surface area contributed by atoms with Gasteiger partial charge in [0.25, 0.3) is 0 Å². The summed E-state index contributed by atoms with van der Waals surface area (Å²) in [4.78, 5) is 18.1. The second kappa shape index (κ2) is 8.40. The molecule has 0 unspecified atom stereocenters. The number of aromatic nitrogens is 4. The highest BCUT2D eigenvalue weighted by Gasteiger charge is 2.46. The first-order chi connectivity index (χ1) is 16.9. The van der Waals surface area contributed by atoms with Crippen LogP contribution in [0.4, 0.5) is 11.8 Å². The lowest BCUT2D eigenvalue weighted by molar-refractivity contribution is 0.186. The molecule has 1 spiro atoms. The van der Waals surface area contributed by atoms with Gasteiger partial charge in [-0.2, -0.15) is 0 Å². The molecule has 180 valence electrons. The summed E-state index contributed by atoms with van der Waals surface area (Å²) in [6, 6.07) is 10.6. The van der Waals surface area contributed by atoms with E-state index in [1.54, 1.807) is 6.20 Å². The number of aryl methyl sites for hydroxylation is 2. The van der Waals surface area contributed by atoms with Crippen LogP contribution < -0.4 is 16.4 Å². The number of fused-ring (bicyclic) bond motifs is 2. The average molecular weight is 506 g/mol. The number of nitrogens with zero attached hydrogens (tertiary/aromatic N) is 5. The second-order valence-electron chi connectivity index (χ2n) is 9.70. The van der Waals surface area contributed by atoms with Crippen LogP contribution in [0, 0.1) is 19.3 Å². The molecular formula is C26H28ClN7S. The van der Waals surface area contributed by atoms with Crippen molar-refractivity contribution in [1.29, 1.82) is 0 Å². The van der Waals surface area contributed by atoms with E-state index in [2.05, 4.69) is 45.5 Å². The van der Waals surface area contributed by atoms with Crippen LogP contribution in [0.5, 0.6) is 0 Å². The van der Waals surface area contributed by atoms with Crippen LogP contribution in [-0.4, -0.2) is 32.4 Å². The molecule has 2 aliphatic rings. The zero-order valence-electron chi connectivity index (χ0n) is 19.8. The third-order valence-electron chi connectivity index (χ3n) is 7.66. The Morgan fingerprint density at radius 1 is 1.11 bits per heavy atom. The Morgan fingerprint density at radius 2 is 1.89 bits per heavy atom. The van der Waals surface area contributed by atoms with Gasteiger partial charge < -0.3 is 16.4 Å². The fraction of sp³-hybridized carbons (Fsp3) is 0.346. The molecule has 1 aromatic carbocycles.